The number of halogens is 1. The summed E-state index contributed by atoms with van der Waals surface area (Å²) < 4.78 is 23.4. The summed E-state index contributed by atoms with van der Waals surface area (Å²) in [5, 5.41) is 3.60. The molecule has 2 heterocycles. The zero-order valence-electron chi connectivity index (χ0n) is 14.2. The Bertz CT molecular complexity index is 808. The largest absolute Gasteiger partial charge is 0.496 e. The molecule has 0 saturated heterocycles. The van der Waals surface area contributed by atoms with E-state index in [4.69, 9.17) is 18.9 Å². The van der Waals surface area contributed by atoms with Crippen LogP contribution >= 0.6 is 15.9 Å². The van der Waals surface area contributed by atoms with Crippen LogP contribution in [0.15, 0.2) is 28.7 Å². The number of benzene rings is 2. The van der Waals surface area contributed by atoms with Crippen LogP contribution in [-0.4, -0.2) is 34.0 Å². The number of fused-ring (bicyclic) bond motifs is 2. The van der Waals surface area contributed by atoms with E-state index in [2.05, 4.69) is 39.4 Å². The van der Waals surface area contributed by atoms with Crippen LogP contribution in [0.5, 0.6) is 23.0 Å². The quantitative estimate of drug-likeness (QED) is 0.846. The van der Waals surface area contributed by atoms with Crippen molar-refractivity contribution < 1.29 is 18.9 Å². The molecule has 2 aliphatic rings. The summed E-state index contributed by atoms with van der Waals surface area (Å²) in [4.78, 5) is 0. The first kappa shape index (κ1) is 16.5. The van der Waals surface area contributed by atoms with Crippen molar-refractivity contribution in [3.63, 3.8) is 0 Å². The van der Waals surface area contributed by atoms with Gasteiger partial charge in [-0.15, -0.1) is 0 Å². The lowest BCUT2D eigenvalue weighted by atomic mass is 9.88. The second kappa shape index (κ2) is 6.77. The molecule has 132 valence electrons. The molecule has 0 spiro atoms. The van der Waals surface area contributed by atoms with E-state index in [1.54, 1.807) is 14.2 Å². The number of nitrogens with one attached hydrogen (secondary N) is 1. The first-order chi connectivity index (χ1) is 12.2. The maximum absolute atomic E-state index is 5.78. The molecule has 1 atom stereocenters. The minimum absolute atomic E-state index is 0.0248. The summed E-state index contributed by atoms with van der Waals surface area (Å²) in [6, 6.07) is 8.20. The predicted molar refractivity (Wildman–Crippen MR) is 98.2 cm³/mol. The Balaban J connectivity index is 1.82. The fourth-order valence-electron chi connectivity index (χ4n) is 3.48. The maximum Gasteiger partial charge on any atom is 0.161 e. The summed E-state index contributed by atoms with van der Waals surface area (Å²) in [5.41, 5.74) is 3.54. The van der Waals surface area contributed by atoms with Gasteiger partial charge < -0.3 is 24.3 Å². The zero-order chi connectivity index (χ0) is 17.4. The topological polar surface area (TPSA) is 49.0 Å². The van der Waals surface area contributed by atoms with Crippen LogP contribution in [0.25, 0.3) is 0 Å². The van der Waals surface area contributed by atoms with E-state index in [9.17, 15) is 0 Å². The third-order valence-corrected chi connectivity index (χ3v) is 5.29. The van der Waals surface area contributed by atoms with E-state index in [1.807, 2.05) is 6.07 Å². The van der Waals surface area contributed by atoms with E-state index in [0.29, 0.717) is 13.2 Å². The normalized spacial score (nSPS) is 18.4. The van der Waals surface area contributed by atoms with Crippen molar-refractivity contribution in [2.45, 2.75) is 12.5 Å². The molecule has 2 aliphatic heterocycles. The van der Waals surface area contributed by atoms with Gasteiger partial charge in [0.1, 0.15) is 24.7 Å². The number of methoxy groups -OCH3 is 2. The Morgan fingerprint density at radius 1 is 0.960 bits per heavy atom. The third-order valence-electron chi connectivity index (χ3n) is 4.67. The highest BCUT2D eigenvalue weighted by atomic mass is 79.9. The summed E-state index contributed by atoms with van der Waals surface area (Å²) in [6.07, 6.45) is 0.960. The van der Waals surface area contributed by atoms with Gasteiger partial charge in [-0.3, -0.25) is 0 Å². The summed E-state index contributed by atoms with van der Waals surface area (Å²) in [7, 11) is 3.33. The van der Waals surface area contributed by atoms with Crippen LogP contribution < -0.4 is 24.3 Å². The summed E-state index contributed by atoms with van der Waals surface area (Å²) in [5.74, 6) is 3.19. The lowest BCUT2D eigenvalue weighted by Crippen LogP contribution is -2.31. The van der Waals surface area contributed by atoms with Gasteiger partial charge in [-0.25, -0.2) is 0 Å². The van der Waals surface area contributed by atoms with Crippen LogP contribution in [0.1, 0.15) is 22.7 Å². The maximum atomic E-state index is 5.78. The van der Waals surface area contributed by atoms with Gasteiger partial charge in [0.05, 0.1) is 24.7 Å². The molecule has 0 radical (unpaired) electrons. The second-order valence-electron chi connectivity index (χ2n) is 6.06. The average molecular weight is 406 g/mol. The number of rotatable bonds is 3. The minimum atomic E-state index is 0.0248. The van der Waals surface area contributed by atoms with Crippen molar-refractivity contribution in [3.8, 4) is 23.0 Å². The molecule has 0 aliphatic carbocycles. The van der Waals surface area contributed by atoms with Crippen molar-refractivity contribution in [1.29, 1.82) is 0 Å². The van der Waals surface area contributed by atoms with Gasteiger partial charge in [-0.05, 0) is 51.7 Å². The molecule has 2 aromatic carbocycles. The van der Waals surface area contributed by atoms with Crippen LogP contribution in [0.3, 0.4) is 0 Å². The van der Waals surface area contributed by atoms with Gasteiger partial charge in [0.15, 0.2) is 11.5 Å². The predicted octanol–water partition coefficient (Wildman–Crippen LogP) is 3.47. The standard InChI is InChI=1S/C19H20BrNO4/c1-22-15-10-16(23-2)14(20)8-13(15)19-12-9-18-17(24-5-6-25-18)7-11(12)3-4-21-19/h7-10,19,21H,3-6H2,1-2H3. The highest BCUT2D eigenvalue weighted by molar-refractivity contribution is 9.10. The molecule has 0 bridgehead atoms. The molecular formula is C19H20BrNO4. The van der Waals surface area contributed by atoms with Crippen molar-refractivity contribution in [1.82, 2.24) is 5.32 Å². The molecular weight excluding hydrogens is 386 g/mol. The monoisotopic (exact) mass is 405 g/mol. The molecule has 1 N–H and O–H groups in total. The number of ether oxygens (including phenoxy) is 4. The molecule has 0 aromatic heterocycles. The van der Waals surface area contributed by atoms with E-state index in [0.717, 1.165) is 46.0 Å². The van der Waals surface area contributed by atoms with Gasteiger partial charge in [0.2, 0.25) is 0 Å². The highest BCUT2D eigenvalue weighted by Gasteiger charge is 2.28. The third kappa shape index (κ3) is 2.93. The van der Waals surface area contributed by atoms with Crippen molar-refractivity contribution in [2.24, 2.45) is 0 Å². The molecule has 0 fully saturated rings. The molecule has 4 rings (SSSR count). The highest BCUT2D eigenvalue weighted by Crippen LogP contribution is 2.43. The Labute approximate surface area is 155 Å². The lowest BCUT2D eigenvalue weighted by Gasteiger charge is -2.31. The smallest absolute Gasteiger partial charge is 0.161 e. The fourth-order valence-corrected chi connectivity index (χ4v) is 4.00. The van der Waals surface area contributed by atoms with Crippen LogP contribution in [0.2, 0.25) is 0 Å². The van der Waals surface area contributed by atoms with E-state index in [1.165, 1.54) is 11.1 Å². The first-order valence-electron chi connectivity index (χ1n) is 8.28. The molecule has 2 aromatic rings. The van der Waals surface area contributed by atoms with Crippen LogP contribution in [0, 0.1) is 0 Å². The van der Waals surface area contributed by atoms with Crippen molar-refractivity contribution in [2.75, 3.05) is 34.0 Å². The van der Waals surface area contributed by atoms with Gasteiger partial charge in [0.25, 0.3) is 0 Å². The molecule has 5 nitrogen and oxygen atoms in total. The number of hydrogen-bond donors (Lipinski definition) is 1. The molecule has 6 heteroatoms. The second-order valence-corrected chi connectivity index (χ2v) is 6.91. The fraction of sp³-hybridized carbons (Fsp3) is 0.368. The van der Waals surface area contributed by atoms with Gasteiger partial charge in [-0.2, -0.15) is 0 Å². The summed E-state index contributed by atoms with van der Waals surface area (Å²) in [6.45, 7) is 2.08. The summed E-state index contributed by atoms with van der Waals surface area (Å²) >= 11 is 3.58. The Hall–Kier alpha value is -1.92. The molecule has 25 heavy (non-hydrogen) atoms. The number of hydrogen-bond acceptors (Lipinski definition) is 5. The Kier molecular flexibility index (Phi) is 4.48. The lowest BCUT2D eigenvalue weighted by molar-refractivity contribution is 0.171. The minimum Gasteiger partial charge on any atom is -0.496 e. The van der Waals surface area contributed by atoms with Gasteiger partial charge in [-0.1, -0.05) is 0 Å². The van der Waals surface area contributed by atoms with Crippen molar-refractivity contribution in [3.05, 3.63) is 45.4 Å². The van der Waals surface area contributed by atoms with Crippen LogP contribution in [0.4, 0.5) is 0 Å². The Morgan fingerprint density at radius 3 is 2.40 bits per heavy atom. The zero-order valence-corrected chi connectivity index (χ0v) is 15.8. The van der Waals surface area contributed by atoms with Gasteiger partial charge >= 0.3 is 0 Å². The van der Waals surface area contributed by atoms with Crippen molar-refractivity contribution >= 4 is 15.9 Å². The van der Waals surface area contributed by atoms with E-state index >= 15 is 0 Å². The van der Waals surface area contributed by atoms with E-state index < -0.39 is 0 Å². The SMILES string of the molecule is COc1cc(OC)c(C2NCCc3cc4c(cc32)OCCO4)cc1Br. The van der Waals surface area contributed by atoms with Crippen LogP contribution in [-0.2, 0) is 6.42 Å². The first-order valence-corrected chi connectivity index (χ1v) is 9.07. The average Bonchev–Trinajstić information content (AvgIpc) is 2.65. The molecule has 0 amide bonds. The Morgan fingerprint density at radius 2 is 1.68 bits per heavy atom. The van der Waals surface area contributed by atoms with E-state index in [-0.39, 0.29) is 6.04 Å². The molecule has 0 saturated carbocycles. The van der Waals surface area contributed by atoms with Gasteiger partial charge in [0, 0.05) is 18.2 Å². The molecule has 1 unspecified atom stereocenters.